The second-order valence-corrected chi connectivity index (χ2v) is 18.4. The number of anilines is 1. The number of benzene rings is 5. The average molecular weight is 910 g/mol. The summed E-state index contributed by atoms with van der Waals surface area (Å²) in [6, 6.07) is 47.7. The molecule has 3 heterocycles. The third kappa shape index (κ3) is 9.26. The molecule has 2 aliphatic rings. The molecule has 2 N–H and O–H groups in total. The van der Waals surface area contributed by atoms with Gasteiger partial charge in [-0.25, -0.2) is 14.6 Å². The van der Waals surface area contributed by atoms with Crippen molar-refractivity contribution in [2.45, 2.75) is 49.4 Å². The smallest absolute Gasteiger partial charge is 0.356 e. The van der Waals surface area contributed by atoms with E-state index in [4.69, 9.17) is 26.1 Å². The number of hydrogen-bond donors (Lipinski definition) is 2. The number of alkyl halides is 1. The number of esters is 2. The summed E-state index contributed by atoms with van der Waals surface area (Å²) >= 11 is 9.03. The van der Waals surface area contributed by atoms with Gasteiger partial charge < -0.3 is 20.1 Å². The van der Waals surface area contributed by atoms with E-state index in [0.29, 0.717) is 16.5 Å². The summed E-state index contributed by atoms with van der Waals surface area (Å²) in [5.41, 5.74) is 3.30. The number of nitrogens with one attached hydrogen (secondary N) is 2. The minimum absolute atomic E-state index is 0.00459. The molecule has 0 bridgehead atoms. The molecule has 1 aromatic heterocycles. The molecule has 2 atom stereocenters. The summed E-state index contributed by atoms with van der Waals surface area (Å²) in [6.45, 7) is 5.19. The summed E-state index contributed by atoms with van der Waals surface area (Å²) in [7, 11) is 0. The van der Waals surface area contributed by atoms with Gasteiger partial charge in [0.05, 0.1) is 11.3 Å². The van der Waals surface area contributed by atoms with Gasteiger partial charge in [0, 0.05) is 23.1 Å². The van der Waals surface area contributed by atoms with E-state index >= 15 is 0 Å². The minimum Gasteiger partial charge on any atom is -0.457 e. The molecule has 2 aliphatic heterocycles. The molecular weight excluding hydrogens is 864 g/mol. The van der Waals surface area contributed by atoms with E-state index in [1.165, 1.54) is 28.0 Å². The van der Waals surface area contributed by atoms with Crippen LogP contribution < -0.4 is 10.6 Å². The molecule has 8 rings (SSSR count). The standard InChI is InChI=1S/C51H45ClN4O6S2/c1-50(2,3)62-41(57)29-39(40-32-64-49(53-40)55-51(36-23-13-6-14-24-36,37-25-15-7-16-26-37)38-27-17-8-18-28-38)45(58)54-42-46(59)56-43(35(30-52)31-63-47(42)56)48(60)61-44(33-19-9-4-10-20-33)34-21-11-5-12-22-34/h4-29,32,42,44,47H,30-31H2,1-3H3,(H,53,55)(H,54,58)/t42?,47-/m1/s1. The van der Waals surface area contributed by atoms with Crippen molar-refractivity contribution in [2.24, 2.45) is 0 Å². The molecule has 0 radical (unpaired) electrons. The number of carbonyl (C=O) groups excluding carboxylic acids is 4. The molecule has 13 heteroatoms. The predicted molar refractivity (Wildman–Crippen MR) is 252 cm³/mol. The largest absolute Gasteiger partial charge is 0.457 e. The van der Waals surface area contributed by atoms with E-state index in [1.54, 1.807) is 26.2 Å². The Morgan fingerprint density at radius 1 is 0.797 bits per heavy atom. The first kappa shape index (κ1) is 44.1. The van der Waals surface area contributed by atoms with Crippen LogP contribution in [0.25, 0.3) is 5.57 Å². The number of aromatic nitrogens is 1. The average Bonchev–Trinajstić information content (AvgIpc) is 3.79. The van der Waals surface area contributed by atoms with Gasteiger partial charge >= 0.3 is 11.9 Å². The van der Waals surface area contributed by atoms with Crippen LogP contribution in [0.5, 0.6) is 0 Å². The van der Waals surface area contributed by atoms with Gasteiger partial charge in [-0.1, -0.05) is 152 Å². The fourth-order valence-corrected chi connectivity index (χ4v) is 10.3. The van der Waals surface area contributed by atoms with Gasteiger partial charge in [0.2, 0.25) is 0 Å². The van der Waals surface area contributed by atoms with Crippen LogP contribution in [0, 0.1) is 0 Å². The normalized spacial score (nSPS) is 16.4. The number of halogens is 1. The van der Waals surface area contributed by atoms with Crippen molar-refractivity contribution in [3.63, 3.8) is 0 Å². The second-order valence-electron chi connectivity index (χ2n) is 16.2. The molecule has 0 spiro atoms. The first-order valence-electron chi connectivity index (χ1n) is 20.7. The molecule has 0 aliphatic carbocycles. The van der Waals surface area contributed by atoms with Gasteiger partial charge in [0.15, 0.2) is 11.2 Å². The van der Waals surface area contributed by atoms with Crippen LogP contribution in [0.4, 0.5) is 5.13 Å². The van der Waals surface area contributed by atoms with Gasteiger partial charge in [0.25, 0.3) is 11.8 Å². The minimum atomic E-state index is -1.05. The van der Waals surface area contributed by atoms with E-state index in [-0.39, 0.29) is 22.8 Å². The summed E-state index contributed by atoms with van der Waals surface area (Å²) < 4.78 is 11.8. The van der Waals surface area contributed by atoms with Crippen molar-refractivity contribution in [1.29, 1.82) is 0 Å². The number of ether oxygens (including phenoxy) is 2. The fourth-order valence-electron chi connectivity index (χ4n) is 7.84. The summed E-state index contributed by atoms with van der Waals surface area (Å²) in [5.74, 6) is -2.38. The monoisotopic (exact) mass is 908 g/mol. The lowest BCUT2D eigenvalue weighted by molar-refractivity contribution is -0.154. The quantitative estimate of drug-likeness (QED) is 0.0362. The van der Waals surface area contributed by atoms with Crippen molar-refractivity contribution >= 4 is 69.2 Å². The molecule has 324 valence electrons. The van der Waals surface area contributed by atoms with Crippen LogP contribution in [-0.2, 0) is 34.2 Å². The molecule has 1 saturated heterocycles. The maximum atomic E-state index is 14.5. The highest BCUT2D eigenvalue weighted by Gasteiger charge is 2.55. The summed E-state index contributed by atoms with van der Waals surface area (Å²) in [4.78, 5) is 62.5. The SMILES string of the molecule is CC(C)(C)OC(=O)C=C(C(=O)NC1C(=O)N2C(C(=O)OC(c3ccccc3)c3ccccc3)=C(CCl)CS[C@H]12)c1csc(NC(c2ccccc2)(c2ccccc2)c2ccccc2)n1. The highest BCUT2D eigenvalue weighted by molar-refractivity contribution is 8.00. The summed E-state index contributed by atoms with van der Waals surface area (Å²) in [6.07, 6.45) is 0.351. The first-order valence-corrected chi connectivity index (χ1v) is 23.1. The number of β-lactam (4-membered cyclic amide) rings is 1. The summed E-state index contributed by atoms with van der Waals surface area (Å²) in [5, 5.41) is 8.08. The van der Waals surface area contributed by atoms with E-state index < -0.39 is 52.4 Å². The third-order valence-corrected chi connectivity index (χ3v) is 13.1. The van der Waals surface area contributed by atoms with Crippen molar-refractivity contribution in [3.05, 3.63) is 208 Å². The van der Waals surface area contributed by atoms with E-state index in [2.05, 4.69) is 10.6 Å². The Balaban J connectivity index is 1.09. The molecule has 0 saturated carbocycles. The number of thiazole rings is 1. The van der Waals surface area contributed by atoms with E-state index in [9.17, 15) is 19.2 Å². The van der Waals surface area contributed by atoms with Gasteiger partial charge in [-0.15, -0.1) is 34.7 Å². The molecule has 64 heavy (non-hydrogen) atoms. The Morgan fingerprint density at radius 3 is 1.78 bits per heavy atom. The van der Waals surface area contributed by atoms with Gasteiger partial charge in [0.1, 0.15) is 28.3 Å². The topological polar surface area (TPSA) is 127 Å². The number of nitrogens with zero attached hydrogens (tertiary/aromatic N) is 2. The zero-order valence-electron chi connectivity index (χ0n) is 35.3. The Hall–Kier alpha value is -6.47. The molecular formula is C51H45ClN4O6S2. The Morgan fingerprint density at radius 2 is 1.30 bits per heavy atom. The van der Waals surface area contributed by atoms with Crippen LogP contribution in [-0.4, -0.2) is 62.3 Å². The zero-order chi connectivity index (χ0) is 44.8. The zero-order valence-corrected chi connectivity index (χ0v) is 37.7. The predicted octanol–water partition coefficient (Wildman–Crippen LogP) is 9.50. The molecule has 1 fully saturated rings. The number of hydrogen-bond acceptors (Lipinski definition) is 10. The maximum absolute atomic E-state index is 14.5. The lowest BCUT2D eigenvalue weighted by Crippen LogP contribution is -2.70. The number of thioether (sulfide) groups is 1. The first-order chi connectivity index (χ1) is 31.0. The molecule has 2 amide bonds. The lowest BCUT2D eigenvalue weighted by atomic mass is 9.77. The van der Waals surface area contributed by atoms with Gasteiger partial charge in [-0.3, -0.25) is 14.5 Å². The van der Waals surface area contributed by atoms with Crippen LogP contribution >= 0.6 is 34.7 Å². The molecule has 6 aromatic rings. The fraction of sp³-hybridized carbons (Fsp3) is 0.196. The second kappa shape index (κ2) is 19.1. The highest BCUT2D eigenvalue weighted by atomic mass is 35.5. The number of carbonyl (C=O) groups is 4. The van der Waals surface area contributed by atoms with Crippen molar-refractivity contribution < 1.29 is 28.7 Å². The molecule has 5 aromatic carbocycles. The van der Waals surface area contributed by atoms with E-state index in [1.807, 2.05) is 152 Å². The lowest BCUT2D eigenvalue weighted by Gasteiger charge is -2.49. The maximum Gasteiger partial charge on any atom is 0.356 e. The molecule has 10 nitrogen and oxygen atoms in total. The molecule has 1 unspecified atom stereocenters. The third-order valence-electron chi connectivity index (χ3n) is 10.7. The van der Waals surface area contributed by atoms with Crippen LogP contribution in [0.2, 0.25) is 0 Å². The van der Waals surface area contributed by atoms with Crippen molar-refractivity contribution in [2.75, 3.05) is 16.9 Å². The van der Waals surface area contributed by atoms with Gasteiger partial charge in [-0.05, 0) is 54.2 Å². The highest BCUT2D eigenvalue weighted by Crippen LogP contribution is 2.43. The number of amides is 2. The Labute approximate surface area is 385 Å². The van der Waals surface area contributed by atoms with Crippen molar-refractivity contribution in [3.8, 4) is 0 Å². The van der Waals surface area contributed by atoms with Gasteiger partial charge in [-0.2, -0.15) is 0 Å². The van der Waals surface area contributed by atoms with Crippen molar-refractivity contribution in [1.82, 2.24) is 15.2 Å². The van der Waals surface area contributed by atoms with Crippen LogP contribution in [0.1, 0.15) is 60.4 Å². The van der Waals surface area contributed by atoms with Crippen LogP contribution in [0.15, 0.2) is 174 Å². The Kier molecular flexibility index (Phi) is 13.2. The van der Waals surface area contributed by atoms with Crippen LogP contribution in [0.3, 0.4) is 0 Å². The number of fused-ring (bicyclic) bond motifs is 1. The van der Waals surface area contributed by atoms with E-state index in [0.717, 1.165) is 33.9 Å². The number of rotatable bonds is 14. The Bertz CT molecular complexity index is 2550.